The van der Waals surface area contributed by atoms with Crippen molar-refractivity contribution < 1.29 is 8.78 Å². The van der Waals surface area contributed by atoms with Crippen LogP contribution in [-0.4, -0.2) is 6.54 Å². The van der Waals surface area contributed by atoms with Gasteiger partial charge in [-0.3, -0.25) is 0 Å². The molecule has 0 fully saturated rings. The van der Waals surface area contributed by atoms with Crippen molar-refractivity contribution in [3.63, 3.8) is 0 Å². The lowest BCUT2D eigenvalue weighted by atomic mass is 9.98. The summed E-state index contributed by atoms with van der Waals surface area (Å²) < 4.78 is 28.0. The Balaban J connectivity index is 2.32. The molecular formula is C16H15ClF2IN. The van der Waals surface area contributed by atoms with E-state index < -0.39 is 0 Å². The van der Waals surface area contributed by atoms with Crippen molar-refractivity contribution in [3.8, 4) is 0 Å². The molecule has 0 aliphatic carbocycles. The maximum atomic E-state index is 13.9. The third kappa shape index (κ3) is 4.37. The minimum absolute atomic E-state index is 0.0875. The summed E-state index contributed by atoms with van der Waals surface area (Å²) in [5.74, 6) is -0.549. The van der Waals surface area contributed by atoms with Crippen molar-refractivity contribution >= 4 is 34.2 Å². The van der Waals surface area contributed by atoms with Gasteiger partial charge < -0.3 is 5.32 Å². The molecular weight excluding hydrogens is 407 g/mol. The van der Waals surface area contributed by atoms with Gasteiger partial charge in [0.15, 0.2) is 0 Å². The number of hydrogen-bond acceptors (Lipinski definition) is 1. The van der Waals surface area contributed by atoms with Crippen molar-refractivity contribution in [2.45, 2.75) is 19.4 Å². The second kappa shape index (κ2) is 7.51. The van der Waals surface area contributed by atoms with Gasteiger partial charge in [-0.05, 0) is 77.0 Å². The Morgan fingerprint density at radius 1 is 1.19 bits per heavy atom. The Bertz CT molecular complexity index is 634. The maximum absolute atomic E-state index is 13.9. The van der Waals surface area contributed by atoms with E-state index in [9.17, 15) is 8.78 Å². The second-order valence-electron chi connectivity index (χ2n) is 4.72. The Kier molecular flexibility index (Phi) is 5.96. The largest absolute Gasteiger partial charge is 0.310 e. The van der Waals surface area contributed by atoms with Gasteiger partial charge in [0.25, 0.3) is 0 Å². The highest BCUT2D eigenvalue weighted by molar-refractivity contribution is 14.1. The Labute approximate surface area is 141 Å². The van der Waals surface area contributed by atoms with Crippen LogP contribution in [0.4, 0.5) is 8.78 Å². The van der Waals surface area contributed by atoms with E-state index in [1.54, 1.807) is 12.1 Å². The summed E-state index contributed by atoms with van der Waals surface area (Å²) in [7, 11) is 0. The highest BCUT2D eigenvalue weighted by Crippen LogP contribution is 2.26. The average Bonchev–Trinajstić information content (AvgIpc) is 2.42. The Morgan fingerprint density at radius 2 is 1.95 bits per heavy atom. The molecule has 2 aromatic carbocycles. The van der Waals surface area contributed by atoms with Crippen molar-refractivity contribution in [2.75, 3.05) is 6.54 Å². The fourth-order valence-corrected chi connectivity index (χ4v) is 3.29. The Morgan fingerprint density at radius 3 is 2.62 bits per heavy atom. The summed E-state index contributed by atoms with van der Waals surface area (Å²) in [5, 5.41) is 3.83. The highest BCUT2D eigenvalue weighted by atomic mass is 127. The lowest BCUT2D eigenvalue weighted by molar-refractivity contribution is 0.524. The standard InChI is InChI=1S/C16H15ClF2IN/c1-2-21-16(13-5-4-12(18)9-15(13)20)8-10-7-11(17)3-6-14(10)19/h3-7,9,16,21H,2,8H2,1H3. The third-order valence-electron chi connectivity index (χ3n) is 3.22. The topological polar surface area (TPSA) is 12.0 Å². The summed E-state index contributed by atoms with van der Waals surface area (Å²) in [4.78, 5) is 0. The van der Waals surface area contributed by atoms with Crippen molar-refractivity contribution in [1.29, 1.82) is 0 Å². The van der Waals surface area contributed by atoms with Crippen molar-refractivity contribution in [1.82, 2.24) is 5.32 Å². The molecule has 0 radical (unpaired) electrons. The quantitative estimate of drug-likeness (QED) is 0.661. The lowest BCUT2D eigenvalue weighted by Crippen LogP contribution is -2.24. The molecule has 0 aliphatic rings. The van der Waals surface area contributed by atoms with Crippen LogP contribution < -0.4 is 5.32 Å². The second-order valence-corrected chi connectivity index (χ2v) is 6.31. The molecule has 112 valence electrons. The van der Waals surface area contributed by atoms with Crippen LogP contribution in [0.15, 0.2) is 36.4 Å². The van der Waals surface area contributed by atoms with E-state index in [4.69, 9.17) is 11.6 Å². The molecule has 1 N–H and O–H groups in total. The number of likely N-dealkylation sites (N-methyl/N-ethyl adjacent to an activating group) is 1. The Hall–Kier alpha value is -0.720. The molecule has 0 saturated carbocycles. The molecule has 2 aromatic rings. The fourth-order valence-electron chi connectivity index (χ4n) is 2.24. The van der Waals surface area contributed by atoms with Crippen molar-refractivity contribution in [2.24, 2.45) is 0 Å². The van der Waals surface area contributed by atoms with E-state index in [-0.39, 0.29) is 17.7 Å². The van der Waals surface area contributed by atoms with E-state index in [0.29, 0.717) is 17.0 Å². The van der Waals surface area contributed by atoms with E-state index in [0.717, 1.165) is 15.7 Å². The fraction of sp³-hybridized carbons (Fsp3) is 0.250. The summed E-state index contributed by atoms with van der Waals surface area (Å²) in [6, 6.07) is 9.10. The normalized spacial score (nSPS) is 12.4. The maximum Gasteiger partial charge on any atom is 0.126 e. The molecule has 0 aromatic heterocycles. The van der Waals surface area contributed by atoms with Gasteiger partial charge in [0.2, 0.25) is 0 Å². The average molecular weight is 422 g/mol. The van der Waals surface area contributed by atoms with Crippen LogP contribution in [0.1, 0.15) is 24.1 Å². The van der Waals surface area contributed by atoms with Crippen LogP contribution in [0.2, 0.25) is 5.02 Å². The summed E-state index contributed by atoms with van der Waals surface area (Å²) >= 11 is 8.04. The first-order chi connectivity index (χ1) is 10.0. The van der Waals surface area contributed by atoms with Gasteiger partial charge in [-0.25, -0.2) is 8.78 Å². The first kappa shape index (κ1) is 16.6. The van der Waals surface area contributed by atoms with Gasteiger partial charge in [-0.15, -0.1) is 0 Å². The SMILES string of the molecule is CCNC(Cc1cc(Cl)ccc1F)c1ccc(F)cc1I. The summed E-state index contributed by atoms with van der Waals surface area (Å²) in [6.45, 7) is 2.72. The minimum atomic E-state index is -0.278. The molecule has 0 saturated heterocycles. The van der Waals surface area contributed by atoms with Crippen LogP contribution in [0.3, 0.4) is 0 Å². The van der Waals surface area contributed by atoms with Crippen LogP contribution in [0.25, 0.3) is 0 Å². The molecule has 0 aliphatic heterocycles. The first-order valence-corrected chi connectivity index (χ1v) is 8.09. The zero-order valence-corrected chi connectivity index (χ0v) is 14.4. The van der Waals surface area contributed by atoms with Gasteiger partial charge in [0.05, 0.1) is 0 Å². The smallest absolute Gasteiger partial charge is 0.126 e. The molecule has 0 heterocycles. The van der Waals surface area contributed by atoms with E-state index in [1.165, 1.54) is 24.3 Å². The number of halogens is 4. The molecule has 1 nitrogen and oxygen atoms in total. The van der Waals surface area contributed by atoms with Crippen LogP contribution >= 0.6 is 34.2 Å². The molecule has 0 bridgehead atoms. The highest BCUT2D eigenvalue weighted by Gasteiger charge is 2.17. The zero-order valence-electron chi connectivity index (χ0n) is 11.5. The molecule has 21 heavy (non-hydrogen) atoms. The van der Waals surface area contributed by atoms with Gasteiger partial charge >= 0.3 is 0 Å². The number of hydrogen-bond donors (Lipinski definition) is 1. The van der Waals surface area contributed by atoms with Gasteiger partial charge in [0.1, 0.15) is 11.6 Å². The molecule has 5 heteroatoms. The van der Waals surface area contributed by atoms with Crippen LogP contribution in [0, 0.1) is 15.2 Å². The van der Waals surface area contributed by atoms with Crippen LogP contribution in [-0.2, 0) is 6.42 Å². The lowest BCUT2D eigenvalue weighted by Gasteiger charge is -2.20. The van der Waals surface area contributed by atoms with Crippen LogP contribution in [0.5, 0.6) is 0 Å². The van der Waals surface area contributed by atoms with E-state index in [2.05, 4.69) is 27.9 Å². The molecule has 1 atom stereocenters. The summed E-state index contributed by atoms with van der Waals surface area (Å²) in [5.41, 5.74) is 1.51. The molecule has 0 spiro atoms. The van der Waals surface area contributed by atoms with E-state index >= 15 is 0 Å². The summed E-state index contributed by atoms with van der Waals surface area (Å²) in [6.07, 6.45) is 0.460. The van der Waals surface area contributed by atoms with Gasteiger partial charge in [-0.2, -0.15) is 0 Å². The predicted molar refractivity (Wildman–Crippen MR) is 90.6 cm³/mol. The molecule has 1 unspecified atom stereocenters. The number of nitrogens with one attached hydrogen (secondary N) is 1. The van der Waals surface area contributed by atoms with Gasteiger partial charge in [0, 0.05) is 14.6 Å². The van der Waals surface area contributed by atoms with Gasteiger partial charge in [-0.1, -0.05) is 24.6 Å². The molecule has 0 amide bonds. The predicted octanol–water partition coefficient (Wildman–Crippen LogP) is 5.12. The van der Waals surface area contributed by atoms with E-state index in [1.807, 2.05) is 6.92 Å². The zero-order chi connectivity index (χ0) is 15.4. The number of rotatable bonds is 5. The minimum Gasteiger partial charge on any atom is -0.310 e. The third-order valence-corrected chi connectivity index (χ3v) is 4.39. The number of benzene rings is 2. The first-order valence-electron chi connectivity index (χ1n) is 6.63. The van der Waals surface area contributed by atoms with Crippen molar-refractivity contribution in [3.05, 3.63) is 67.8 Å². The molecule has 2 rings (SSSR count). The monoisotopic (exact) mass is 421 g/mol.